The largest absolute Gasteiger partial charge is 0.317 e. The molecule has 1 saturated heterocycles. The Kier molecular flexibility index (Phi) is 7.33. The van der Waals surface area contributed by atoms with E-state index >= 15 is 0 Å². The zero-order valence-electron chi connectivity index (χ0n) is 11.3. The van der Waals surface area contributed by atoms with Crippen LogP contribution >= 0.6 is 12.4 Å². The topological polar surface area (TPSA) is 15.3 Å². The minimum Gasteiger partial charge on any atom is -0.317 e. The number of rotatable bonds is 4. The summed E-state index contributed by atoms with van der Waals surface area (Å²) < 4.78 is 0. The summed E-state index contributed by atoms with van der Waals surface area (Å²) in [6.45, 7) is 3.55. The molecule has 1 N–H and O–H groups in total. The molecule has 1 fully saturated rings. The van der Waals surface area contributed by atoms with Gasteiger partial charge in [0.15, 0.2) is 0 Å². The summed E-state index contributed by atoms with van der Waals surface area (Å²) in [5.74, 6) is 0. The second-order valence-corrected chi connectivity index (χ2v) is 5.05. The second-order valence-electron chi connectivity index (χ2n) is 5.05. The molecule has 0 bridgehead atoms. The number of benzene rings is 1. The highest BCUT2D eigenvalue weighted by atomic mass is 35.5. The maximum absolute atomic E-state index is 3.48. The van der Waals surface area contributed by atoms with Crippen molar-refractivity contribution < 1.29 is 0 Å². The Morgan fingerprint density at radius 1 is 1.17 bits per heavy atom. The molecule has 18 heavy (non-hydrogen) atoms. The summed E-state index contributed by atoms with van der Waals surface area (Å²) in [7, 11) is 2.28. The molecule has 3 heteroatoms. The lowest BCUT2D eigenvalue weighted by Crippen LogP contribution is -2.34. The van der Waals surface area contributed by atoms with Crippen molar-refractivity contribution in [1.29, 1.82) is 0 Å². The first-order valence-electron chi connectivity index (χ1n) is 6.81. The molecule has 2 nitrogen and oxygen atoms in total. The molecule has 0 saturated carbocycles. The van der Waals surface area contributed by atoms with Gasteiger partial charge in [0.05, 0.1) is 0 Å². The van der Waals surface area contributed by atoms with Gasteiger partial charge in [-0.05, 0) is 51.4 Å². The van der Waals surface area contributed by atoms with Crippen molar-refractivity contribution in [2.45, 2.75) is 31.7 Å². The van der Waals surface area contributed by atoms with Crippen molar-refractivity contribution in [3.63, 3.8) is 0 Å². The first kappa shape index (κ1) is 15.5. The normalized spacial score (nSPS) is 20.2. The van der Waals surface area contributed by atoms with E-state index in [1.165, 1.54) is 50.9 Å². The summed E-state index contributed by atoms with van der Waals surface area (Å²) in [4.78, 5) is 2.54. The van der Waals surface area contributed by atoms with Crippen LogP contribution in [0, 0.1) is 0 Å². The minimum atomic E-state index is 0. The number of nitrogens with zero attached hydrogens (tertiary/aromatic N) is 1. The van der Waals surface area contributed by atoms with E-state index in [0.29, 0.717) is 0 Å². The second kappa shape index (κ2) is 8.52. The quantitative estimate of drug-likeness (QED) is 0.903. The number of nitrogens with one attached hydrogen (secondary N) is 1. The van der Waals surface area contributed by atoms with Gasteiger partial charge in [0.2, 0.25) is 0 Å². The molecule has 1 aromatic rings. The SMILES string of the molecule is CN(CCc1ccccc1)C1CCCNCC1.Cl. The summed E-state index contributed by atoms with van der Waals surface area (Å²) >= 11 is 0. The van der Waals surface area contributed by atoms with Crippen LogP contribution in [0.1, 0.15) is 24.8 Å². The highest BCUT2D eigenvalue weighted by Crippen LogP contribution is 2.12. The molecule has 0 amide bonds. The predicted molar refractivity (Wildman–Crippen MR) is 80.5 cm³/mol. The Hall–Kier alpha value is -0.570. The maximum Gasteiger partial charge on any atom is 0.0105 e. The van der Waals surface area contributed by atoms with Gasteiger partial charge >= 0.3 is 0 Å². The number of hydrogen-bond donors (Lipinski definition) is 1. The smallest absolute Gasteiger partial charge is 0.0105 e. The molecule has 1 heterocycles. The van der Waals surface area contributed by atoms with Gasteiger partial charge in [0.25, 0.3) is 0 Å². The Bertz CT molecular complexity index is 308. The molecule has 1 aliphatic heterocycles. The minimum absolute atomic E-state index is 0. The molecular weight excluding hydrogens is 244 g/mol. The van der Waals surface area contributed by atoms with Gasteiger partial charge in [0.1, 0.15) is 0 Å². The van der Waals surface area contributed by atoms with Crippen LogP contribution < -0.4 is 5.32 Å². The molecule has 0 spiro atoms. The first-order valence-corrected chi connectivity index (χ1v) is 6.81. The number of hydrogen-bond acceptors (Lipinski definition) is 2. The van der Waals surface area contributed by atoms with Crippen molar-refractivity contribution in [3.8, 4) is 0 Å². The highest BCUT2D eigenvalue weighted by Gasteiger charge is 2.15. The standard InChI is InChI=1S/C15H24N2.ClH/c1-17(15-8-5-11-16-12-9-15)13-10-14-6-3-2-4-7-14;/h2-4,6-7,15-16H,5,8-13H2,1H3;1H. The Labute approximate surface area is 117 Å². The average molecular weight is 269 g/mol. The van der Waals surface area contributed by atoms with Crippen molar-refractivity contribution in [2.75, 3.05) is 26.7 Å². The van der Waals surface area contributed by atoms with E-state index in [4.69, 9.17) is 0 Å². The van der Waals surface area contributed by atoms with Gasteiger partial charge in [-0.1, -0.05) is 30.3 Å². The first-order chi connectivity index (χ1) is 8.36. The number of halogens is 1. The van der Waals surface area contributed by atoms with Crippen molar-refractivity contribution in [2.24, 2.45) is 0 Å². The summed E-state index contributed by atoms with van der Waals surface area (Å²) in [6.07, 6.45) is 5.13. The third kappa shape index (κ3) is 4.97. The van der Waals surface area contributed by atoms with Gasteiger partial charge in [-0.15, -0.1) is 12.4 Å². The van der Waals surface area contributed by atoms with Gasteiger partial charge in [-0.3, -0.25) is 0 Å². The summed E-state index contributed by atoms with van der Waals surface area (Å²) in [5.41, 5.74) is 1.45. The molecule has 1 unspecified atom stereocenters. The van der Waals surface area contributed by atoms with Crippen LogP contribution in [0.4, 0.5) is 0 Å². The van der Waals surface area contributed by atoms with E-state index in [-0.39, 0.29) is 12.4 Å². The third-order valence-electron chi connectivity index (χ3n) is 3.76. The van der Waals surface area contributed by atoms with E-state index in [9.17, 15) is 0 Å². The maximum atomic E-state index is 3.48. The lowest BCUT2D eigenvalue weighted by Gasteiger charge is -2.26. The van der Waals surface area contributed by atoms with E-state index in [2.05, 4.69) is 47.6 Å². The van der Waals surface area contributed by atoms with E-state index in [0.717, 1.165) is 6.04 Å². The van der Waals surface area contributed by atoms with Crippen molar-refractivity contribution in [1.82, 2.24) is 10.2 Å². The van der Waals surface area contributed by atoms with E-state index in [1.807, 2.05) is 0 Å². The van der Waals surface area contributed by atoms with Crippen LogP contribution in [0.15, 0.2) is 30.3 Å². The fraction of sp³-hybridized carbons (Fsp3) is 0.600. The Morgan fingerprint density at radius 3 is 2.72 bits per heavy atom. The highest BCUT2D eigenvalue weighted by molar-refractivity contribution is 5.85. The monoisotopic (exact) mass is 268 g/mol. The summed E-state index contributed by atoms with van der Waals surface area (Å²) in [5, 5.41) is 3.48. The molecule has 2 rings (SSSR count). The van der Waals surface area contributed by atoms with Crippen molar-refractivity contribution in [3.05, 3.63) is 35.9 Å². The molecule has 0 aliphatic carbocycles. The lowest BCUT2D eigenvalue weighted by atomic mass is 10.1. The van der Waals surface area contributed by atoms with Crippen LogP contribution in [-0.2, 0) is 6.42 Å². The van der Waals surface area contributed by atoms with Crippen LogP contribution in [-0.4, -0.2) is 37.6 Å². The molecule has 1 atom stereocenters. The lowest BCUT2D eigenvalue weighted by molar-refractivity contribution is 0.227. The zero-order chi connectivity index (χ0) is 11.9. The third-order valence-corrected chi connectivity index (χ3v) is 3.76. The van der Waals surface area contributed by atoms with Gasteiger partial charge in [-0.2, -0.15) is 0 Å². The van der Waals surface area contributed by atoms with Crippen LogP contribution in [0.25, 0.3) is 0 Å². The van der Waals surface area contributed by atoms with Crippen LogP contribution in [0.5, 0.6) is 0 Å². The van der Waals surface area contributed by atoms with Gasteiger partial charge in [0, 0.05) is 12.6 Å². The summed E-state index contributed by atoms with van der Waals surface area (Å²) in [6, 6.07) is 11.6. The Balaban J connectivity index is 0.00000162. The zero-order valence-corrected chi connectivity index (χ0v) is 12.1. The molecule has 0 radical (unpaired) electrons. The molecule has 0 aromatic heterocycles. The fourth-order valence-corrected chi connectivity index (χ4v) is 2.57. The Morgan fingerprint density at radius 2 is 1.94 bits per heavy atom. The molecule has 1 aliphatic rings. The van der Waals surface area contributed by atoms with Gasteiger partial charge < -0.3 is 10.2 Å². The fourth-order valence-electron chi connectivity index (χ4n) is 2.57. The van der Waals surface area contributed by atoms with E-state index in [1.54, 1.807) is 0 Å². The van der Waals surface area contributed by atoms with Crippen molar-refractivity contribution >= 4 is 12.4 Å². The van der Waals surface area contributed by atoms with E-state index < -0.39 is 0 Å². The van der Waals surface area contributed by atoms with Crippen LogP contribution in [0.2, 0.25) is 0 Å². The number of likely N-dealkylation sites (N-methyl/N-ethyl adjacent to an activating group) is 1. The molecular formula is C15H25ClN2. The average Bonchev–Trinajstić information content (AvgIpc) is 2.66. The molecule has 1 aromatic carbocycles. The van der Waals surface area contributed by atoms with Gasteiger partial charge in [-0.25, -0.2) is 0 Å². The van der Waals surface area contributed by atoms with Crippen LogP contribution in [0.3, 0.4) is 0 Å². The predicted octanol–water partition coefficient (Wildman–Crippen LogP) is 2.72. The molecule has 102 valence electrons.